The monoisotopic (exact) mass is 190 g/mol. The first-order valence-electron chi connectivity index (χ1n) is 3.98. The summed E-state index contributed by atoms with van der Waals surface area (Å²) >= 11 is 0. The van der Waals surface area contributed by atoms with Crippen LogP contribution in [0.5, 0.6) is 5.75 Å². The normalized spacial score (nSPS) is 9.21. The average Bonchev–Trinajstić information content (AvgIpc) is 2.17. The van der Waals surface area contributed by atoms with Gasteiger partial charge in [0.2, 0.25) is 5.91 Å². The van der Waals surface area contributed by atoms with Gasteiger partial charge in [-0.1, -0.05) is 0 Å². The van der Waals surface area contributed by atoms with Crippen LogP contribution in [0.4, 0.5) is 0 Å². The number of primary amides is 1. The van der Waals surface area contributed by atoms with Gasteiger partial charge in [-0.2, -0.15) is 5.26 Å². The predicted octanol–water partition coefficient (Wildman–Crippen LogP) is 0.974. The summed E-state index contributed by atoms with van der Waals surface area (Å²) in [6.07, 6.45) is 0. The highest BCUT2D eigenvalue weighted by Gasteiger charge is 2.10. The molecule has 0 saturated carbocycles. The SMILES string of the molecule is COc1cc(C(N)=O)cc(C#N)c1C. The van der Waals surface area contributed by atoms with Gasteiger partial charge in [-0.3, -0.25) is 4.79 Å². The number of carbonyl (C=O) groups excluding carboxylic acids is 1. The van der Waals surface area contributed by atoms with Gasteiger partial charge in [-0.15, -0.1) is 0 Å². The molecule has 72 valence electrons. The van der Waals surface area contributed by atoms with E-state index in [4.69, 9.17) is 15.7 Å². The highest BCUT2D eigenvalue weighted by Crippen LogP contribution is 2.22. The fourth-order valence-corrected chi connectivity index (χ4v) is 1.16. The second-order valence-electron chi connectivity index (χ2n) is 2.83. The molecule has 2 N–H and O–H groups in total. The van der Waals surface area contributed by atoms with Gasteiger partial charge in [0.1, 0.15) is 5.75 Å². The Balaban J connectivity index is 3.41. The van der Waals surface area contributed by atoms with Crippen molar-refractivity contribution in [3.05, 3.63) is 28.8 Å². The molecule has 0 atom stereocenters. The van der Waals surface area contributed by atoms with Crippen LogP contribution in [0.3, 0.4) is 0 Å². The Hall–Kier alpha value is -2.02. The maximum atomic E-state index is 10.9. The Labute approximate surface area is 81.9 Å². The highest BCUT2D eigenvalue weighted by atomic mass is 16.5. The number of rotatable bonds is 2. The third kappa shape index (κ3) is 1.67. The Kier molecular flexibility index (Phi) is 2.73. The van der Waals surface area contributed by atoms with E-state index in [0.29, 0.717) is 16.9 Å². The Bertz CT molecular complexity index is 419. The summed E-state index contributed by atoms with van der Waals surface area (Å²) in [5.74, 6) is -0.0716. The molecule has 4 nitrogen and oxygen atoms in total. The molecule has 0 spiro atoms. The molecular weight excluding hydrogens is 180 g/mol. The van der Waals surface area contributed by atoms with Crippen LogP contribution in [0.25, 0.3) is 0 Å². The van der Waals surface area contributed by atoms with E-state index in [9.17, 15) is 4.79 Å². The van der Waals surface area contributed by atoms with Crippen LogP contribution >= 0.6 is 0 Å². The number of carbonyl (C=O) groups is 1. The second kappa shape index (κ2) is 3.79. The second-order valence-corrected chi connectivity index (χ2v) is 2.83. The Morgan fingerprint density at radius 3 is 2.64 bits per heavy atom. The summed E-state index contributed by atoms with van der Waals surface area (Å²) in [4.78, 5) is 10.9. The standard InChI is InChI=1S/C10H10N2O2/c1-6-8(5-11)3-7(10(12)13)4-9(6)14-2/h3-4H,1-2H3,(H2,12,13). The van der Waals surface area contributed by atoms with Crippen LogP contribution in [0.1, 0.15) is 21.5 Å². The number of hydrogen-bond donors (Lipinski definition) is 1. The fraction of sp³-hybridized carbons (Fsp3) is 0.200. The van der Waals surface area contributed by atoms with Gasteiger partial charge in [-0.25, -0.2) is 0 Å². The van der Waals surface area contributed by atoms with Gasteiger partial charge >= 0.3 is 0 Å². The summed E-state index contributed by atoms with van der Waals surface area (Å²) in [5.41, 5.74) is 6.50. The predicted molar refractivity (Wildman–Crippen MR) is 51.0 cm³/mol. The van der Waals surface area contributed by atoms with Crippen molar-refractivity contribution in [3.63, 3.8) is 0 Å². The van der Waals surface area contributed by atoms with E-state index in [0.717, 1.165) is 0 Å². The first-order chi connectivity index (χ1) is 6.60. The van der Waals surface area contributed by atoms with E-state index in [1.165, 1.54) is 19.2 Å². The molecule has 1 aromatic carbocycles. The van der Waals surface area contributed by atoms with Crippen LogP contribution in [0, 0.1) is 18.3 Å². The zero-order valence-corrected chi connectivity index (χ0v) is 8.00. The van der Waals surface area contributed by atoms with E-state index in [1.54, 1.807) is 6.92 Å². The molecule has 0 radical (unpaired) electrons. The first-order valence-corrected chi connectivity index (χ1v) is 3.98. The van der Waals surface area contributed by atoms with Crippen LogP contribution in [0.15, 0.2) is 12.1 Å². The third-order valence-electron chi connectivity index (χ3n) is 1.98. The zero-order valence-electron chi connectivity index (χ0n) is 8.00. The Morgan fingerprint density at radius 2 is 2.21 bits per heavy atom. The van der Waals surface area contributed by atoms with Gasteiger partial charge < -0.3 is 10.5 Å². The number of amides is 1. The largest absolute Gasteiger partial charge is 0.496 e. The summed E-state index contributed by atoms with van der Waals surface area (Å²) in [5, 5.41) is 8.79. The van der Waals surface area contributed by atoms with Crippen molar-refractivity contribution < 1.29 is 9.53 Å². The minimum atomic E-state index is -0.570. The fourth-order valence-electron chi connectivity index (χ4n) is 1.16. The molecule has 0 aliphatic carbocycles. The molecule has 0 aromatic heterocycles. The molecule has 1 amide bonds. The average molecular weight is 190 g/mol. The summed E-state index contributed by atoms with van der Waals surface area (Å²) < 4.78 is 5.02. The van der Waals surface area contributed by atoms with E-state index >= 15 is 0 Å². The van der Waals surface area contributed by atoms with E-state index in [2.05, 4.69) is 0 Å². The maximum Gasteiger partial charge on any atom is 0.248 e. The first kappa shape index (κ1) is 10.1. The van der Waals surface area contributed by atoms with Crippen molar-refractivity contribution in [2.75, 3.05) is 7.11 Å². The van der Waals surface area contributed by atoms with Crippen LogP contribution < -0.4 is 10.5 Å². The molecule has 0 fully saturated rings. The van der Waals surface area contributed by atoms with E-state index in [-0.39, 0.29) is 5.56 Å². The van der Waals surface area contributed by atoms with Gasteiger partial charge in [0.25, 0.3) is 0 Å². The molecular formula is C10H10N2O2. The lowest BCUT2D eigenvalue weighted by atomic mass is 10.0. The number of ether oxygens (including phenoxy) is 1. The number of nitriles is 1. The maximum absolute atomic E-state index is 10.9. The lowest BCUT2D eigenvalue weighted by molar-refractivity contribution is 0.1000. The lowest BCUT2D eigenvalue weighted by Crippen LogP contribution is -2.11. The molecule has 4 heteroatoms. The zero-order chi connectivity index (χ0) is 10.7. The third-order valence-corrected chi connectivity index (χ3v) is 1.98. The van der Waals surface area contributed by atoms with Gasteiger partial charge in [-0.05, 0) is 19.1 Å². The minimum Gasteiger partial charge on any atom is -0.496 e. The lowest BCUT2D eigenvalue weighted by Gasteiger charge is -2.07. The van der Waals surface area contributed by atoms with Crippen molar-refractivity contribution in [1.29, 1.82) is 5.26 Å². The molecule has 1 aromatic rings. The quantitative estimate of drug-likeness (QED) is 0.755. The van der Waals surface area contributed by atoms with Crippen molar-refractivity contribution in [2.45, 2.75) is 6.92 Å². The van der Waals surface area contributed by atoms with Crippen LogP contribution in [-0.4, -0.2) is 13.0 Å². The molecule has 0 aliphatic heterocycles. The van der Waals surface area contributed by atoms with Gasteiger partial charge in [0, 0.05) is 11.1 Å². The summed E-state index contributed by atoms with van der Waals surface area (Å²) in [7, 11) is 1.48. The molecule has 14 heavy (non-hydrogen) atoms. The molecule has 1 rings (SSSR count). The number of hydrogen-bond acceptors (Lipinski definition) is 3. The van der Waals surface area contributed by atoms with Crippen molar-refractivity contribution >= 4 is 5.91 Å². The van der Waals surface area contributed by atoms with E-state index < -0.39 is 5.91 Å². The molecule has 0 saturated heterocycles. The number of nitrogens with two attached hydrogens (primary N) is 1. The number of methoxy groups -OCH3 is 1. The summed E-state index contributed by atoms with van der Waals surface area (Å²) in [6, 6.07) is 4.96. The Morgan fingerprint density at radius 1 is 1.57 bits per heavy atom. The van der Waals surface area contributed by atoms with E-state index in [1.807, 2.05) is 6.07 Å². The van der Waals surface area contributed by atoms with Crippen LogP contribution in [0.2, 0.25) is 0 Å². The summed E-state index contributed by atoms with van der Waals surface area (Å²) in [6.45, 7) is 1.75. The number of benzene rings is 1. The van der Waals surface area contributed by atoms with Crippen molar-refractivity contribution in [1.82, 2.24) is 0 Å². The minimum absolute atomic E-state index is 0.281. The number of nitrogens with zero attached hydrogens (tertiary/aromatic N) is 1. The van der Waals surface area contributed by atoms with Crippen molar-refractivity contribution in [2.24, 2.45) is 5.73 Å². The molecule has 0 aliphatic rings. The van der Waals surface area contributed by atoms with Crippen LogP contribution in [-0.2, 0) is 0 Å². The topological polar surface area (TPSA) is 76.1 Å². The molecule has 0 bridgehead atoms. The van der Waals surface area contributed by atoms with Gasteiger partial charge in [0.05, 0.1) is 18.7 Å². The molecule has 0 heterocycles. The van der Waals surface area contributed by atoms with Crippen molar-refractivity contribution in [3.8, 4) is 11.8 Å². The smallest absolute Gasteiger partial charge is 0.248 e. The molecule has 0 unspecified atom stereocenters. The van der Waals surface area contributed by atoms with Gasteiger partial charge in [0.15, 0.2) is 0 Å². The highest BCUT2D eigenvalue weighted by molar-refractivity contribution is 5.93.